The molecular formula is C11H22N2O3. The normalized spacial score (nSPS) is 26.2. The first-order valence-electron chi connectivity index (χ1n) is 5.86. The highest BCUT2D eigenvalue weighted by Crippen LogP contribution is 2.29. The van der Waals surface area contributed by atoms with Gasteiger partial charge in [0, 0.05) is 19.6 Å². The first-order chi connectivity index (χ1) is 7.50. The lowest BCUT2D eigenvalue weighted by Gasteiger charge is -2.33. The summed E-state index contributed by atoms with van der Waals surface area (Å²) in [6.45, 7) is 4.61. The van der Waals surface area contributed by atoms with E-state index in [-0.39, 0.29) is 19.0 Å². The summed E-state index contributed by atoms with van der Waals surface area (Å²) < 4.78 is 0. The molecule has 0 aromatic carbocycles. The maximum absolute atomic E-state index is 12.3. The Labute approximate surface area is 96.2 Å². The van der Waals surface area contributed by atoms with E-state index < -0.39 is 17.6 Å². The van der Waals surface area contributed by atoms with Crippen molar-refractivity contribution < 1.29 is 15.0 Å². The quantitative estimate of drug-likeness (QED) is 0.597. The largest absolute Gasteiger partial charge is 0.388 e. The monoisotopic (exact) mass is 230 g/mol. The second-order valence-electron chi connectivity index (χ2n) is 4.54. The third kappa shape index (κ3) is 2.21. The molecule has 1 saturated heterocycles. The molecular weight excluding hydrogens is 208 g/mol. The van der Waals surface area contributed by atoms with Crippen molar-refractivity contribution >= 4 is 5.91 Å². The van der Waals surface area contributed by atoms with E-state index in [1.165, 1.54) is 4.90 Å². The molecule has 2 unspecified atom stereocenters. The van der Waals surface area contributed by atoms with Crippen molar-refractivity contribution in [1.82, 2.24) is 4.90 Å². The van der Waals surface area contributed by atoms with Gasteiger partial charge in [-0.2, -0.15) is 0 Å². The van der Waals surface area contributed by atoms with Crippen molar-refractivity contribution in [3.8, 4) is 0 Å². The Morgan fingerprint density at radius 2 is 1.75 bits per heavy atom. The fourth-order valence-electron chi connectivity index (χ4n) is 2.20. The zero-order valence-corrected chi connectivity index (χ0v) is 10.0. The van der Waals surface area contributed by atoms with Gasteiger partial charge >= 0.3 is 0 Å². The van der Waals surface area contributed by atoms with Crippen LogP contribution in [0.2, 0.25) is 0 Å². The highest BCUT2D eigenvalue weighted by atomic mass is 16.3. The Hall–Kier alpha value is -0.650. The second kappa shape index (κ2) is 5.12. The zero-order valence-electron chi connectivity index (χ0n) is 10.0. The summed E-state index contributed by atoms with van der Waals surface area (Å²) in [5, 5.41) is 18.9. The van der Waals surface area contributed by atoms with Crippen LogP contribution in [0, 0.1) is 5.41 Å². The van der Waals surface area contributed by atoms with Crippen LogP contribution in [-0.4, -0.2) is 52.9 Å². The van der Waals surface area contributed by atoms with E-state index in [2.05, 4.69) is 0 Å². The predicted octanol–water partition coefficient (Wildman–Crippen LogP) is -0.684. The fourth-order valence-corrected chi connectivity index (χ4v) is 2.20. The van der Waals surface area contributed by atoms with Gasteiger partial charge in [-0.1, -0.05) is 13.8 Å². The maximum atomic E-state index is 12.3. The van der Waals surface area contributed by atoms with E-state index in [1.54, 1.807) is 0 Å². The molecule has 94 valence electrons. The third-order valence-electron chi connectivity index (χ3n) is 3.74. The molecule has 4 N–H and O–H groups in total. The molecule has 0 saturated carbocycles. The van der Waals surface area contributed by atoms with Crippen LogP contribution in [0.1, 0.15) is 26.7 Å². The molecule has 1 aliphatic rings. The number of aliphatic hydroxyl groups is 2. The smallest absolute Gasteiger partial charge is 0.230 e. The van der Waals surface area contributed by atoms with Gasteiger partial charge in [-0.25, -0.2) is 0 Å². The lowest BCUT2D eigenvalue weighted by molar-refractivity contribution is -0.141. The predicted molar refractivity (Wildman–Crippen MR) is 60.7 cm³/mol. The van der Waals surface area contributed by atoms with Crippen molar-refractivity contribution in [3.63, 3.8) is 0 Å². The van der Waals surface area contributed by atoms with Crippen molar-refractivity contribution in [2.24, 2.45) is 11.1 Å². The van der Waals surface area contributed by atoms with E-state index in [4.69, 9.17) is 5.73 Å². The van der Waals surface area contributed by atoms with Gasteiger partial charge in [0.05, 0.1) is 17.6 Å². The van der Waals surface area contributed by atoms with Gasteiger partial charge in [0.1, 0.15) is 0 Å². The summed E-state index contributed by atoms with van der Waals surface area (Å²) in [7, 11) is 0. The highest BCUT2D eigenvalue weighted by Gasteiger charge is 2.41. The van der Waals surface area contributed by atoms with Crippen LogP contribution in [0.4, 0.5) is 0 Å². The molecule has 5 nitrogen and oxygen atoms in total. The molecule has 1 amide bonds. The number of hydrogen-bond donors (Lipinski definition) is 3. The Kier molecular flexibility index (Phi) is 4.29. The molecule has 16 heavy (non-hydrogen) atoms. The summed E-state index contributed by atoms with van der Waals surface area (Å²) in [5.41, 5.74) is 5.16. The van der Waals surface area contributed by atoms with Crippen LogP contribution in [0.5, 0.6) is 0 Å². The van der Waals surface area contributed by atoms with Gasteiger partial charge in [0.25, 0.3) is 0 Å². The van der Waals surface area contributed by atoms with Crippen LogP contribution >= 0.6 is 0 Å². The summed E-state index contributed by atoms with van der Waals surface area (Å²) in [4.78, 5) is 13.8. The Morgan fingerprint density at radius 3 is 2.06 bits per heavy atom. The standard InChI is InChI=1S/C11H22N2O3/c1-3-11(4-2,7-12)10(16)13-5-8(14)9(15)6-13/h8-9,14-15H,3-7,12H2,1-2H3. The number of nitrogens with two attached hydrogens (primary N) is 1. The minimum Gasteiger partial charge on any atom is -0.388 e. The van der Waals surface area contributed by atoms with E-state index >= 15 is 0 Å². The van der Waals surface area contributed by atoms with Gasteiger partial charge in [-0.3, -0.25) is 4.79 Å². The van der Waals surface area contributed by atoms with E-state index in [1.807, 2.05) is 13.8 Å². The minimum absolute atomic E-state index is 0.0457. The number of likely N-dealkylation sites (tertiary alicyclic amines) is 1. The summed E-state index contributed by atoms with van der Waals surface area (Å²) >= 11 is 0. The molecule has 2 atom stereocenters. The molecule has 0 aromatic heterocycles. The van der Waals surface area contributed by atoms with Gasteiger partial charge < -0.3 is 20.8 Å². The van der Waals surface area contributed by atoms with Crippen LogP contribution in [0.3, 0.4) is 0 Å². The third-order valence-corrected chi connectivity index (χ3v) is 3.74. The van der Waals surface area contributed by atoms with Gasteiger partial charge in [-0.15, -0.1) is 0 Å². The Balaban J connectivity index is 2.77. The summed E-state index contributed by atoms with van der Waals surface area (Å²) in [6.07, 6.45) is -0.287. The highest BCUT2D eigenvalue weighted by molar-refractivity contribution is 5.83. The molecule has 0 spiro atoms. The first kappa shape index (κ1) is 13.4. The number of carbonyl (C=O) groups is 1. The lowest BCUT2D eigenvalue weighted by Crippen LogP contribution is -2.47. The van der Waals surface area contributed by atoms with Crippen LogP contribution in [0.15, 0.2) is 0 Å². The second-order valence-corrected chi connectivity index (χ2v) is 4.54. The number of amides is 1. The molecule has 1 rings (SSSR count). The number of aliphatic hydroxyl groups excluding tert-OH is 2. The van der Waals surface area contributed by atoms with E-state index in [0.717, 1.165) is 0 Å². The average molecular weight is 230 g/mol. The Bertz CT molecular complexity index is 235. The van der Waals surface area contributed by atoms with Gasteiger partial charge in [-0.05, 0) is 12.8 Å². The summed E-state index contributed by atoms with van der Waals surface area (Å²) in [5.74, 6) is -0.0457. The molecule has 1 heterocycles. The minimum atomic E-state index is -0.826. The number of β-amino-alcohol motifs (C(OH)–C–C–N with tert-alkyl or cyclic N) is 2. The number of nitrogens with zero attached hydrogens (tertiary/aromatic N) is 1. The molecule has 0 radical (unpaired) electrons. The number of carbonyl (C=O) groups excluding carboxylic acids is 1. The number of hydrogen-bond acceptors (Lipinski definition) is 4. The van der Waals surface area contributed by atoms with Gasteiger partial charge in [0.15, 0.2) is 0 Å². The Morgan fingerprint density at radius 1 is 1.31 bits per heavy atom. The van der Waals surface area contributed by atoms with Crippen molar-refractivity contribution in [1.29, 1.82) is 0 Å². The SMILES string of the molecule is CCC(CC)(CN)C(=O)N1CC(O)C(O)C1. The number of rotatable bonds is 4. The molecule has 0 aromatic rings. The average Bonchev–Trinajstić information content (AvgIpc) is 2.62. The molecule has 5 heteroatoms. The summed E-state index contributed by atoms with van der Waals surface area (Å²) in [6, 6.07) is 0. The van der Waals surface area contributed by atoms with Crippen molar-refractivity contribution in [2.75, 3.05) is 19.6 Å². The molecule has 0 bridgehead atoms. The molecule has 1 fully saturated rings. The van der Waals surface area contributed by atoms with Gasteiger partial charge in [0.2, 0.25) is 5.91 Å². The lowest BCUT2D eigenvalue weighted by atomic mass is 9.81. The van der Waals surface area contributed by atoms with Crippen LogP contribution < -0.4 is 5.73 Å². The maximum Gasteiger partial charge on any atom is 0.230 e. The van der Waals surface area contributed by atoms with Crippen LogP contribution in [-0.2, 0) is 4.79 Å². The molecule has 0 aliphatic carbocycles. The van der Waals surface area contributed by atoms with E-state index in [9.17, 15) is 15.0 Å². The zero-order chi connectivity index (χ0) is 12.3. The topological polar surface area (TPSA) is 86.8 Å². The van der Waals surface area contributed by atoms with Crippen LogP contribution in [0.25, 0.3) is 0 Å². The van der Waals surface area contributed by atoms with E-state index in [0.29, 0.717) is 19.4 Å². The molecule has 1 aliphatic heterocycles. The van der Waals surface area contributed by atoms with Crippen molar-refractivity contribution in [2.45, 2.75) is 38.9 Å². The first-order valence-corrected chi connectivity index (χ1v) is 5.86. The van der Waals surface area contributed by atoms with Crippen molar-refractivity contribution in [3.05, 3.63) is 0 Å². The fraction of sp³-hybridized carbons (Fsp3) is 0.909.